The second-order valence-electron chi connectivity index (χ2n) is 4.64. The van der Waals surface area contributed by atoms with E-state index in [1.165, 1.54) is 6.20 Å². The molecular formula is C15H22N2O5. The number of carbonyl (C=O) groups is 2. The average molecular weight is 310 g/mol. The van der Waals surface area contributed by atoms with Gasteiger partial charge in [-0.05, 0) is 20.3 Å². The van der Waals surface area contributed by atoms with Crippen molar-refractivity contribution in [1.29, 1.82) is 0 Å². The van der Waals surface area contributed by atoms with Gasteiger partial charge in [-0.1, -0.05) is 13.3 Å². The van der Waals surface area contributed by atoms with Crippen molar-refractivity contribution in [2.45, 2.75) is 33.6 Å². The van der Waals surface area contributed by atoms with E-state index in [0.29, 0.717) is 12.2 Å². The number of rotatable bonds is 8. The number of aromatic nitrogens is 1. The molecule has 2 N–H and O–H groups in total. The van der Waals surface area contributed by atoms with E-state index in [0.717, 1.165) is 12.8 Å². The first-order valence-electron chi connectivity index (χ1n) is 7.26. The molecule has 122 valence electrons. The lowest BCUT2D eigenvalue weighted by Gasteiger charge is -2.14. The molecule has 0 saturated carbocycles. The van der Waals surface area contributed by atoms with Crippen molar-refractivity contribution < 1.29 is 24.2 Å². The van der Waals surface area contributed by atoms with E-state index in [2.05, 4.69) is 10.3 Å². The largest absolute Gasteiger partial charge is 0.506 e. The Hall–Kier alpha value is -2.31. The predicted octanol–water partition coefficient (Wildman–Crippen LogP) is 1.57. The zero-order valence-electron chi connectivity index (χ0n) is 13.1. The third-order valence-electron chi connectivity index (χ3n) is 2.91. The topological polar surface area (TPSA) is 97.8 Å². The molecule has 0 radical (unpaired) electrons. The quantitative estimate of drug-likeness (QED) is 0.558. The first-order chi connectivity index (χ1) is 10.5. The Labute approximate surface area is 129 Å². The smallest absolute Gasteiger partial charge is 0.325 e. The van der Waals surface area contributed by atoms with Gasteiger partial charge in [0.05, 0.1) is 19.4 Å². The summed E-state index contributed by atoms with van der Waals surface area (Å²) in [6, 6.07) is 0. The standard InChI is InChI=1S/C15H22N2O5/c1-4-6-7-22-14-10(3)11(18)8-16-13(14)15(20)17-9-12(19)21-5-2/h8,18H,4-7,9H2,1-3H3,(H,17,20). The van der Waals surface area contributed by atoms with Crippen molar-refractivity contribution >= 4 is 11.9 Å². The number of nitrogens with one attached hydrogen (secondary N) is 1. The third kappa shape index (κ3) is 4.91. The molecule has 0 aliphatic heterocycles. The number of pyridine rings is 1. The molecule has 1 aromatic heterocycles. The highest BCUT2D eigenvalue weighted by Crippen LogP contribution is 2.29. The van der Waals surface area contributed by atoms with Crippen LogP contribution in [0.1, 0.15) is 42.7 Å². The van der Waals surface area contributed by atoms with Crippen LogP contribution in [0.2, 0.25) is 0 Å². The van der Waals surface area contributed by atoms with Crippen molar-refractivity contribution in [2.75, 3.05) is 19.8 Å². The SMILES string of the molecule is CCCCOc1c(C(=O)NCC(=O)OCC)ncc(O)c1C. The molecule has 7 nitrogen and oxygen atoms in total. The van der Waals surface area contributed by atoms with Gasteiger partial charge in [0.15, 0.2) is 11.4 Å². The van der Waals surface area contributed by atoms with Crippen LogP contribution >= 0.6 is 0 Å². The Morgan fingerprint density at radius 1 is 1.36 bits per heavy atom. The van der Waals surface area contributed by atoms with Crippen LogP contribution in [0.4, 0.5) is 0 Å². The molecule has 0 bridgehead atoms. The number of ether oxygens (including phenoxy) is 2. The fraction of sp³-hybridized carbons (Fsp3) is 0.533. The van der Waals surface area contributed by atoms with Gasteiger partial charge < -0.3 is 19.9 Å². The van der Waals surface area contributed by atoms with Crippen molar-refractivity contribution in [3.05, 3.63) is 17.5 Å². The number of hydrogen-bond acceptors (Lipinski definition) is 6. The summed E-state index contributed by atoms with van der Waals surface area (Å²) in [5, 5.41) is 12.1. The van der Waals surface area contributed by atoms with E-state index in [9.17, 15) is 14.7 Å². The minimum atomic E-state index is -0.553. The fourth-order valence-corrected chi connectivity index (χ4v) is 1.68. The Morgan fingerprint density at radius 2 is 2.09 bits per heavy atom. The Balaban J connectivity index is 2.85. The summed E-state index contributed by atoms with van der Waals surface area (Å²) < 4.78 is 10.3. The minimum Gasteiger partial charge on any atom is -0.506 e. The predicted molar refractivity (Wildman–Crippen MR) is 80.0 cm³/mol. The van der Waals surface area contributed by atoms with Gasteiger partial charge in [0, 0.05) is 5.56 Å². The highest BCUT2D eigenvalue weighted by Gasteiger charge is 2.19. The highest BCUT2D eigenvalue weighted by molar-refractivity contribution is 5.97. The normalized spacial score (nSPS) is 10.1. The molecule has 0 aromatic carbocycles. The maximum atomic E-state index is 12.1. The first-order valence-corrected chi connectivity index (χ1v) is 7.26. The number of aromatic hydroxyl groups is 1. The van der Waals surface area contributed by atoms with E-state index in [-0.39, 0.29) is 30.3 Å². The van der Waals surface area contributed by atoms with Gasteiger partial charge >= 0.3 is 5.97 Å². The number of carbonyl (C=O) groups excluding carboxylic acids is 2. The summed E-state index contributed by atoms with van der Waals surface area (Å²) in [6.45, 7) is 5.76. The van der Waals surface area contributed by atoms with Crippen LogP contribution in [0, 0.1) is 6.92 Å². The maximum absolute atomic E-state index is 12.1. The van der Waals surface area contributed by atoms with E-state index in [1.54, 1.807) is 13.8 Å². The van der Waals surface area contributed by atoms with Crippen LogP contribution in [-0.2, 0) is 9.53 Å². The van der Waals surface area contributed by atoms with Crippen LogP contribution in [0.3, 0.4) is 0 Å². The fourth-order valence-electron chi connectivity index (χ4n) is 1.68. The number of unbranched alkanes of at least 4 members (excludes halogenated alkanes) is 1. The van der Waals surface area contributed by atoms with Crippen LogP contribution in [0.25, 0.3) is 0 Å². The molecule has 0 aliphatic carbocycles. The number of amides is 1. The van der Waals surface area contributed by atoms with E-state index in [4.69, 9.17) is 9.47 Å². The summed E-state index contributed by atoms with van der Waals surface area (Å²) in [4.78, 5) is 27.3. The third-order valence-corrected chi connectivity index (χ3v) is 2.91. The molecule has 1 amide bonds. The molecule has 0 unspecified atom stereocenters. The number of nitrogens with zero attached hydrogens (tertiary/aromatic N) is 1. The molecule has 1 aromatic rings. The number of esters is 1. The molecule has 0 aliphatic rings. The summed E-state index contributed by atoms with van der Waals surface area (Å²) in [6.07, 6.45) is 2.94. The molecule has 0 fully saturated rings. The van der Waals surface area contributed by atoms with Gasteiger partial charge in [-0.3, -0.25) is 9.59 Å². The second kappa shape index (κ2) is 8.86. The Kier molecular flexibility index (Phi) is 7.15. The van der Waals surface area contributed by atoms with Gasteiger partial charge in [-0.2, -0.15) is 0 Å². The maximum Gasteiger partial charge on any atom is 0.325 e. The molecule has 0 spiro atoms. The molecule has 0 saturated heterocycles. The molecule has 7 heteroatoms. The summed E-state index contributed by atoms with van der Waals surface area (Å²) in [5.74, 6) is -0.897. The molecule has 22 heavy (non-hydrogen) atoms. The number of hydrogen-bond donors (Lipinski definition) is 2. The van der Waals surface area contributed by atoms with Crippen molar-refractivity contribution in [3.8, 4) is 11.5 Å². The second-order valence-corrected chi connectivity index (χ2v) is 4.64. The van der Waals surface area contributed by atoms with Crippen LogP contribution in [0.15, 0.2) is 6.20 Å². The van der Waals surface area contributed by atoms with Crippen molar-refractivity contribution in [1.82, 2.24) is 10.3 Å². The van der Waals surface area contributed by atoms with Gasteiger partial charge in [0.25, 0.3) is 5.91 Å². The first kappa shape index (κ1) is 17.7. The summed E-state index contributed by atoms with van der Waals surface area (Å²) in [7, 11) is 0. The van der Waals surface area contributed by atoms with Crippen molar-refractivity contribution in [2.24, 2.45) is 0 Å². The lowest BCUT2D eigenvalue weighted by Crippen LogP contribution is -2.31. The van der Waals surface area contributed by atoms with Crippen molar-refractivity contribution in [3.63, 3.8) is 0 Å². The Bertz CT molecular complexity index is 531. The minimum absolute atomic E-state index is 0.0377. The Morgan fingerprint density at radius 3 is 2.73 bits per heavy atom. The molecule has 1 heterocycles. The molecular weight excluding hydrogens is 288 g/mol. The molecule has 1 rings (SSSR count). The molecule has 0 atom stereocenters. The lowest BCUT2D eigenvalue weighted by molar-refractivity contribution is -0.141. The van der Waals surface area contributed by atoms with E-state index < -0.39 is 11.9 Å². The van der Waals surface area contributed by atoms with E-state index in [1.807, 2.05) is 6.92 Å². The zero-order chi connectivity index (χ0) is 16.5. The van der Waals surface area contributed by atoms with Gasteiger partial charge in [-0.25, -0.2) is 4.98 Å². The summed E-state index contributed by atoms with van der Waals surface area (Å²) in [5.41, 5.74) is 0.475. The van der Waals surface area contributed by atoms with E-state index >= 15 is 0 Å². The monoisotopic (exact) mass is 310 g/mol. The summed E-state index contributed by atoms with van der Waals surface area (Å²) >= 11 is 0. The van der Waals surface area contributed by atoms with Gasteiger partial charge in [0.1, 0.15) is 12.3 Å². The average Bonchev–Trinajstić information content (AvgIpc) is 2.49. The van der Waals surface area contributed by atoms with Gasteiger partial charge in [0.2, 0.25) is 0 Å². The van der Waals surface area contributed by atoms with Crippen LogP contribution in [-0.4, -0.2) is 41.7 Å². The van der Waals surface area contributed by atoms with Crippen LogP contribution in [0.5, 0.6) is 11.5 Å². The zero-order valence-corrected chi connectivity index (χ0v) is 13.1. The van der Waals surface area contributed by atoms with Crippen LogP contribution < -0.4 is 10.1 Å². The van der Waals surface area contributed by atoms with Gasteiger partial charge in [-0.15, -0.1) is 0 Å². The highest BCUT2D eigenvalue weighted by atomic mass is 16.5. The lowest BCUT2D eigenvalue weighted by atomic mass is 10.2.